The fourth-order valence-corrected chi connectivity index (χ4v) is 4.46. The molecule has 29 heavy (non-hydrogen) atoms. The van der Waals surface area contributed by atoms with Crippen LogP contribution in [0.3, 0.4) is 0 Å². The third-order valence-corrected chi connectivity index (χ3v) is 6.15. The predicted molar refractivity (Wildman–Crippen MR) is 116 cm³/mol. The molecule has 4 aromatic heterocycles. The molecule has 0 saturated carbocycles. The first-order valence-electron chi connectivity index (χ1n) is 9.30. The zero-order valence-electron chi connectivity index (χ0n) is 16.3. The normalized spacial score (nSPS) is 11.4. The molecule has 0 aliphatic carbocycles. The van der Waals surface area contributed by atoms with Crippen LogP contribution in [-0.2, 0) is 13.6 Å². The molecule has 0 unspecified atom stereocenters. The Morgan fingerprint density at radius 3 is 2.62 bits per heavy atom. The van der Waals surface area contributed by atoms with Crippen molar-refractivity contribution in [2.24, 2.45) is 7.05 Å². The molecule has 144 valence electrons. The van der Waals surface area contributed by atoms with E-state index in [4.69, 9.17) is 0 Å². The van der Waals surface area contributed by atoms with Crippen molar-refractivity contribution in [2.75, 3.05) is 5.32 Å². The maximum Gasteiger partial charge on any atom is 0.149 e. The zero-order valence-corrected chi connectivity index (χ0v) is 17.2. The number of nitrogens with one attached hydrogen (secondary N) is 1. The summed E-state index contributed by atoms with van der Waals surface area (Å²) in [5.41, 5.74) is 6.23. The average molecular weight is 401 g/mol. The monoisotopic (exact) mass is 401 g/mol. The molecule has 0 bridgehead atoms. The third kappa shape index (κ3) is 3.11. The second-order valence-corrected chi connectivity index (χ2v) is 8.02. The molecule has 0 amide bonds. The summed E-state index contributed by atoms with van der Waals surface area (Å²) in [5, 5.41) is 17.6. The maximum absolute atomic E-state index is 4.52. The highest BCUT2D eigenvalue weighted by Crippen LogP contribution is 2.36. The van der Waals surface area contributed by atoms with Crippen LogP contribution in [0, 0.1) is 13.8 Å². The Hall–Kier alpha value is -3.39. The lowest BCUT2D eigenvalue weighted by molar-refractivity contribution is 0.771. The van der Waals surface area contributed by atoms with Crippen LogP contribution in [-0.4, -0.2) is 29.9 Å². The summed E-state index contributed by atoms with van der Waals surface area (Å²) in [6.07, 6.45) is 3.56. The molecule has 5 aromatic rings. The largest absolute Gasteiger partial charge is 0.365 e. The quantitative estimate of drug-likeness (QED) is 0.484. The molecule has 0 aliphatic heterocycles. The van der Waals surface area contributed by atoms with Crippen LogP contribution in [0.1, 0.15) is 16.8 Å². The second kappa shape index (κ2) is 6.89. The molecule has 0 aliphatic rings. The summed E-state index contributed by atoms with van der Waals surface area (Å²) in [7, 11) is 1.92. The molecule has 0 saturated heterocycles. The van der Waals surface area contributed by atoms with E-state index in [-0.39, 0.29) is 0 Å². The molecule has 0 radical (unpaired) electrons. The van der Waals surface area contributed by atoms with Crippen molar-refractivity contribution in [3.05, 3.63) is 59.7 Å². The molecule has 5 rings (SSSR count). The molecule has 0 atom stereocenters. The van der Waals surface area contributed by atoms with Gasteiger partial charge in [0.15, 0.2) is 0 Å². The second-order valence-electron chi connectivity index (χ2n) is 7.02. The van der Waals surface area contributed by atoms with Gasteiger partial charge in [0.25, 0.3) is 0 Å². The molecule has 4 heterocycles. The number of thiophene rings is 1. The fourth-order valence-electron chi connectivity index (χ4n) is 3.36. The van der Waals surface area contributed by atoms with Crippen LogP contribution in [0.25, 0.3) is 31.7 Å². The number of aryl methyl sites for hydroxylation is 3. The standard InChI is InChI=1S/C21H19N7S/c1-12-13(2)25-26-21-17(12)18-19(29-21)20(24-11-23-18)22-10-14-4-6-15(7-5-14)16-8-9-28(3)27-16/h4-9,11H,10H2,1-3H3,(H,22,23,24). The van der Waals surface area contributed by atoms with E-state index < -0.39 is 0 Å². The first-order chi connectivity index (χ1) is 14.1. The summed E-state index contributed by atoms with van der Waals surface area (Å²) >= 11 is 1.58. The lowest BCUT2D eigenvalue weighted by Crippen LogP contribution is -2.01. The molecule has 7 nitrogen and oxygen atoms in total. The van der Waals surface area contributed by atoms with Crippen LogP contribution >= 0.6 is 11.3 Å². The van der Waals surface area contributed by atoms with Crippen LogP contribution < -0.4 is 5.32 Å². The van der Waals surface area contributed by atoms with E-state index in [1.165, 1.54) is 5.56 Å². The molecule has 8 heteroatoms. The minimum Gasteiger partial charge on any atom is -0.365 e. The van der Waals surface area contributed by atoms with E-state index >= 15 is 0 Å². The summed E-state index contributed by atoms with van der Waals surface area (Å²) in [5.74, 6) is 0.823. The fraction of sp³-hybridized carbons (Fsp3) is 0.190. The number of anilines is 1. The minimum atomic E-state index is 0.673. The Morgan fingerprint density at radius 2 is 1.86 bits per heavy atom. The smallest absolute Gasteiger partial charge is 0.149 e. The highest BCUT2D eigenvalue weighted by atomic mass is 32.1. The van der Waals surface area contributed by atoms with Crippen LogP contribution in [0.15, 0.2) is 42.9 Å². The molecule has 0 fully saturated rings. The van der Waals surface area contributed by atoms with E-state index in [9.17, 15) is 0 Å². The van der Waals surface area contributed by atoms with Crippen molar-refractivity contribution in [2.45, 2.75) is 20.4 Å². The summed E-state index contributed by atoms with van der Waals surface area (Å²) in [6.45, 7) is 4.71. The van der Waals surface area contributed by atoms with Gasteiger partial charge in [0.2, 0.25) is 0 Å². The Morgan fingerprint density at radius 1 is 1.03 bits per heavy atom. The molecule has 1 aromatic carbocycles. The molecule has 1 N–H and O–H groups in total. The van der Waals surface area contributed by atoms with E-state index in [1.807, 2.05) is 30.9 Å². The number of rotatable bonds is 4. The van der Waals surface area contributed by atoms with Gasteiger partial charge >= 0.3 is 0 Å². The van der Waals surface area contributed by atoms with Crippen LogP contribution in [0.5, 0.6) is 0 Å². The van der Waals surface area contributed by atoms with Gasteiger partial charge in [-0.25, -0.2) is 9.97 Å². The van der Waals surface area contributed by atoms with Crippen LogP contribution in [0.4, 0.5) is 5.82 Å². The van der Waals surface area contributed by atoms with Gasteiger partial charge < -0.3 is 5.32 Å². The van der Waals surface area contributed by atoms with Gasteiger partial charge in [0.05, 0.1) is 21.6 Å². The zero-order chi connectivity index (χ0) is 20.0. The first kappa shape index (κ1) is 17.7. The molecular weight excluding hydrogens is 382 g/mol. The number of hydrogen-bond acceptors (Lipinski definition) is 7. The molecular formula is C21H19N7S. The minimum absolute atomic E-state index is 0.673. The van der Waals surface area contributed by atoms with Crippen molar-refractivity contribution < 1.29 is 0 Å². The van der Waals surface area contributed by atoms with Gasteiger partial charge in [-0.15, -0.1) is 16.4 Å². The number of fused-ring (bicyclic) bond motifs is 3. The lowest BCUT2D eigenvalue weighted by Gasteiger charge is -2.07. The van der Waals surface area contributed by atoms with E-state index in [2.05, 4.69) is 61.8 Å². The Balaban J connectivity index is 1.43. The highest BCUT2D eigenvalue weighted by molar-refractivity contribution is 7.25. The lowest BCUT2D eigenvalue weighted by atomic mass is 10.1. The van der Waals surface area contributed by atoms with Gasteiger partial charge in [-0.3, -0.25) is 4.68 Å². The maximum atomic E-state index is 4.52. The van der Waals surface area contributed by atoms with Gasteiger partial charge in [0, 0.05) is 30.7 Å². The SMILES string of the molecule is Cc1nnc2sc3c(NCc4ccc(-c5ccn(C)n5)cc4)ncnc3c2c1C. The van der Waals surface area contributed by atoms with E-state index in [0.717, 1.165) is 48.8 Å². The van der Waals surface area contributed by atoms with Crippen LogP contribution in [0.2, 0.25) is 0 Å². The average Bonchev–Trinajstić information content (AvgIpc) is 3.34. The summed E-state index contributed by atoms with van der Waals surface area (Å²) in [6, 6.07) is 10.4. The Labute approximate surface area is 171 Å². The van der Waals surface area contributed by atoms with Gasteiger partial charge in [-0.2, -0.15) is 10.2 Å². The van der Waals surface area contributed by atoms with Gasteiger partial charge in [-0.1, -0.05) is 24.3 Å². The highest BCUT2D eigenvalue weighted by Gasteiger charge is 2.15. The number of aromatic nitrogens is 6. The number of nitrogens with zero attached hydrogens (tertiary/aromatic N) is 6. The Bertz CT molecular complexity index is 1330. The van der Waals surface area contributed by atoms with Gasteiger partial charge in [0.1, 0.15) is 17.0 Å². The first-order valence-corrected chi connectivity index (χ1v) is 10.1. The van der Waals surface area contributed by atoms with Gasteiger partial charge in [-0.05, 0) is 31.0 Å². The van der Waals surface area contributed by atoms with Crippen molar-refractivity contribution in [1.82, 2.24) is 29.9 Å². The van der Waals surface area contributed by atoms with Crippen molar-refractivity contribution >= 4 is 37.6 Å². The van der Waals surface area contributed by atoms with Crippen molar-refractivity contribution in [1.29, 1.82) is 0 Å². The number of benzene rings is 1. The Kier molecular flexibility index (Phi) is 4.21. The predicted octanol–water partition coefficient (Wildman–Crippen LogP) is 4.26. The summed E-state index contributed by atoms with van der Waals surface area (Å²) in [4.78, 5) is 9.88. The van der Waals surface area contributed by atoms with E-state index in [0.29, 0.717) is 6.54 Å². The molecule has 0 spiro atoms. The van der Waals surface area contributed by atoms with E-state index in [1.54, 1.807) is 17.7 Å². The van der Waals surface area contributed by atoms with Crippen molar-refractivity contribution in [3.8, 4) is 11.3 Å². The number of hydrogen-bond donors (Lipinski definition) is 1. The topological polar surface area (TPSA) is 81.4 Å². The van der Waals surface area contributed by atoms with Crippen molar-refractivity contribution in [3.63, 3.8) is 0 Å². The summed E-state index contributed by atoms with van der Waals surface area (Å²) < 4.78 is 2.82. The third-order valence-electron chi connectivity index (χ3n) is 5.09.